The van der Waals surface area contributed by atoms with Crippen molar-refractivity contribution >= 4 is 11.0 Å². The first-order valence-corrected chi connectivity index (χ1v) is 7.00. The summed E-state index contributed by atoms with van der Waals surface area (Å²) in [4.78, 5) is 0. The van der Waals surface area contributed by atoms with Crippen LogP contribution in [0.15, 0.2) is 22.6 Å². The first-order chi connectivity index (χ1) is 9.56. The molecule has 4 heteroatoms. The van der Waals surface area contributed by atoms with Crippen molar-refractivity contribution in [1.82, 2.24) is 5.32 Å². The van der Waals surface area contributed by atoms with Gasteiger partial charge < -0.3 is 19.6 Å². The van der Waals surface area contributed by atoms with Gasteiger partial charge in [-0.15, -0.1) is 0 Å². The second-order valence-electron chi connectivity index (χ2n) is 5.26. The monoisotopic (exact) mass is 277 g/mol. The summed E-state index contributed by atoms with van der Waals surface area (Å²) in [7, 11) is 1.66. The Bertz CT molecular complexity index is 576. The maximum atomic E-state index is 8.97. The lowest BCUT2D eigenvalue weighted by Crippen LogP contribution is -2.29. The first-order valence-electron chi connectivity index (χ1n) is 7.00. The van der Waals surface area contributed by atoms with Crippen LogP contribution < -0.4 is 10.1 Å². The molecule has 0 bridgehead atoms. The average molecular weight is 277 g/mol. The molecule has 0 fully saturated rings. The summed E-state index contributed by atoms with van der Waals surface area (Å²) in [6.45, 7) is 6.40. The van der Waals surface area contributed by atoms with E-state index in [4.69, 9.17) is 14.3 Å². The van der Waals surface area contributed by atoms with Gasteiger partial charge in [-0.1, -0.05) is 0 Å². The van der Waals surface area contributed by atoms with Gasteiger partial charge in [-0.3, -0.25) is 0 Å². The molecule has 2 unspecified atom stereocenters. The number of fused-ring (bicyclic) bond motifs is 1. The number of ether oxygens (including phenoxy) is 1. The zero-order valence-corrected chi connectivity index (χ0v) is 12.6. The number of benzene rings is 1. The number of methoxy groups -OCH3 is 1. The molecule has 20 heavy (non-hydrogen) atoms. The molecule has 2 aromatic rings. The molecule has 2 N–H and O–H groups in total. The molecular formula is C16H23NO3. The SMILES string of the molecule is COc1ccc2oc(C(C)NC(C)CCO)c(C)c2c1. The van der Waals surface area contributed by atoms with Crippen molar-refractivity contribution in [1.29, 1.82) is 0 Å². The van der Waals surface area contributed by atoms with Crippen molar-refractivity contribution in [3.63, 3.8) is 0 Å². The van der Waals surface area contributed by atoms with Crippen molar-refractivity contribution in [2.24, 2.45) is 0 Å². The van der Waals surface area contributed by atoms with E-state index in [-0.39, 0.29) is 18.7 Å². The number of aliphatic hydroxyl groups excluding tert-OH is 1. The standard InChI is InChI=1S/C16H23NO3/c1-10(7-8-18)17-12(3)16-11(2)14-9-13(19-4)5-6-15(14)20-16/h5-6,9-10,12,17-18H,7-8H2,1-4H3. The molecule has 1 aromatic carbocycles. The fraction of sp³-hybridized carbons (Fsp3) is 0.500. The van der Waals surface area contributed by atoms with Gasteiger partial charge in [0.25, 0.3) is 0 Å². The minimum atomic E-state index is 0.106. The molecule has 0 aliphatic heterocycles. The molecule has 0 saturated carbocycles. The van der Waals surface area contributed by atoms with Crippen LogP contribution in [0.25, 0.3) is 11.0 Å². The molecule has 1 heterocycles. The van der Waals surface area contributed by atoms with Crippen LogP contribution in [0.5, 0.6) is 5.75 Å². The van der Waals surface area contributed by atoms with E-state index < -0.39 is 0 Å². The van der Waals surface area contributed by atoms with E-state index in [2.05, 4.69) is 26.1 Å². The maximum Gasteiger partial charge on any atom is 0.134 e. The van der Waals surface area contributed by atoms with Gasteiger partial charge >= 0.3 is 0 Å². The Morgan fingerprint density at radius 1 is 1.35 bits per heavy atom. The van der Waals surface area contributed by atoms with Crippen molar-refractivity contribution < 1.29 is 14.3 Å². The molecule has 4 nitrogen and oxygen atoms in total. The van der Waals surface area contributed by atoms with Crippen LogP contribution in [0, 0.1) is 6.92 Å². The number of nitrogens with one attached hydrogen (secondary N) is 1. The lowest BCUT2D eigenvalue weighted by Gasteiger charge is -2.18. The number of aliphatic hydroxyl groups is 1. The van der Waals surface area contributed by atoms with E-state index in [1.165, 1.54) is 0 Å². The smallest absolute Gasteiger partial charge is 0.134 e. The molecule has 2 atom stereocenters. The summed E-state index contributed by atoms with van der Waals surface area (Å²) in [5.41, 5.74) is 2.01. The molecule has 0 amide bonds. The zero-order chi connectivity index (χ0) is 14.7. The Kier molecular flexibility index (Phi) is 4.68. The summed E-state index contributed by atoms with van der Waals surface area (Å²) < 4.78 is 11.2. The lowest BCUT2D eigenvalue weighted by atomic mass is 10.1. The van der Waals surface area contributed by atoms with E-state index in [1.54, 1.807) is 7.11 Å². The van der Waals surface area contributed by atoms with Gasteiger partial charge in [0.1, 0.15) is 17.1 Å². The van der Waals surface area contributed by atoms with Crippen LogP contribution in [-0.4, -0.2) is 24.9 Å². The fourth-order valence-electron chi connectivity index (χ4n) is 2.54. The molecule has 0 saturated heterocycles. The molecule has 2 rings (SSSR count). The summed E-state index contributed by atoms with van der Waals surface area (Å²) in [6.07, 6.45) is 0.734. The van der Waals surface area contributed by atoms with Crippen LogP contribution in [-0.2, 0) is 0 Å². The Labute approximate surface area is 119 Å². The largest absolute Gasteiger partial charge is 0.497 e. The third kappa shape index (κ3) is 2.97. The van der Waals surface area contributed by atoms with Crippen molar-refractivity contribution in [3.05, 3.63) is 29.5 Å². The van der Waals surface area contributed by atoms with Crippen LogP contribution >= 0.6 is 0 Å². The Morgan fingerprint density at radius 2 is 2.10 bits per heavy atom. The maximum absolute atomic E-state index is 8.97. The average Bonchev–Trinajstić information content (AvgIpc) is 2.76. The Hall–Kier alpha value is -1.52. The highest BCUT2D eigenvalue weighted by atomic mass is 16.5. The Balaban J connectivity index is 2.28. The topological polar surface area (TPSA) is 54.6 Å². The van der Waals surface area contributed by atoms with E-state index in [1.807, 2.05) is 18.2 Å². The molecule has 0 aliphatic carbocycles. The second kappa shape index (κ2) is 6.29. The minimum absolute atomic E-state index is 0.106. The number of hydrogen-bond donors (Lipinski definition) is 2. The highest BCUT2D eigenvalue weighted by Gasteiger charge is 2.18. The third-order valence-electron chi connectivity index (χ3n) is 3.67. The molecule has 110 valence electrons. The third-order valence-corrected chi connectivity index (χ3v) is 3.67. The summed E-state index contributed by atoms with van der Waals surface area (Å²) >= 11 is 0. The summed E-state index contributed by atoms with van der Waals surface area (Å²) in [5.74, 6) is 1.78. The van der Waals surface area contributed by atoms with Gasteiger partial charge in [0, 0.05) is 23.6 Å². The van der Waals surface area contributed by atoms with Gasteiger partial charge in [-0.05, 0) is 45.4 Å². The zero-order valence-electron chi connectivity index (χ0n) is 12.6. The van der Waals surface area contributed by atoms with E-state index in [0.717, 1.165) is 34.5 Å². The highest BCUT2D eigenvalue weighted by molar-refractivity contribution is 5.83. The Morgan fingerprint density at radius 3 is 2.75 bits per heavy atom. The van der Waals surface area contributed by atoms with Crippen molar-refractivity contribution in [2.45, 2.75) is 39.3 Å². The van der Waals surface area contributed by atoms with Gasteiger partial charge in [-0.2, -0.15) is 0 Å². The van der Waals surface area contributed by atoms with Crippen LogP contribution in [0.4, 0.5) is 0 Å². The molecule has 0 aliphatic rings. The summed E-state index contributed by atoms with van der Waals surface area (Å²) in [5, 5.41) is 13.5. The number of furan rings is 1. The van der Waals surface area contributed by atoms with Crippen molar-refractivity contribution in [2.75, 3.05) is 13.7 Å². The van der Waals surface area contributed by atoms with Gasteiger partial charge in [0.2, 0.25) is 0 Å². The second-order valence-corrected chi connectivity index (χ2v) is 5.26. The number of hydrogen-bond acceptors (Lipinski definition) is 4. The lowest BCUT2D eigenvalue weighted by molar-refractivity contribution is 0.261. The first kappa shape index (κ1) is 14.9. The van der Waals surface area contributed by atoms with E-state index in [9.17, 15) is 0 Å². The van der Waals surface area contributed by atoms with Gasteiger partial charge in [0.15, 0.2) is 0 Å². The normalized spacial score (nSPS) is 14.4. The fourth-order valence-corrected chi connectivity index (χ4v) is 2.54. The van der Waals surface area contributed by atoms with Crippen LogP contribution in [0.3, 0.4) is 0 Å². The number of rotatable bonds is 6. The van der Waals surface area contributed by atoms with E-state index in [0.29, 0.717) is 0 Å². The predicted octanol–water partition coefficient (Wildman–Crippen LogP) is 3.17. The van der Waals surface area contributed by atoms with Gasteiger partial charge in [-0.25, -0.2) is 0 Å². The van der Waals surface area contributed by atoms with E-state index >= 15 is 0 Å². The summed E-state index contributed by atoms with van der Waals surface area (Å²) in [6, 6.07) is 6.20. The molecule has 1 aromatic heterocycles. The van der Waals surface area contributed by atoms with Crippen molar-refractivity contribution in [3.8, 4) is 5.75 Å². The minimum Gasteiger partial charge on any atom is -0.497 e. The molecular weight excluding hydrogens is 254 g/mol. The van der Waals surface area contributed by atoms with Crippen LogP contribution in [0.2, 0.25) is 0 Å². The quantitative estimate of drug-likeness (QED) is 0.851. The van der Waals surface area contributed by atoms with Crippen LogP contribution in [0.1, 0.15) is 37.6 Å². The molecule has 0 spiro atoms. The van der Waals surface area contributed by atoms with Gasteiger partial charge in [0.05, 0.1) is 13.2 Å². The predicted molar refractivity (Wildman–Crippen MR) is 80.2 cm³/mol. The molecule has 0 radical (unpaired) electrons. The highest BCUT2D eigenvalue weighted by Crippen LogP contribution is 2.32. The number of aryl methyl sites for hydroxylation is 1.